The second-order valence-electron chi connectivity index (χ2n) is 7.84. The normalized spacial score (nSPS) is 11.8. The lowest BCUT2D eigenvalue weighted by Gasteiger charge is -2.22. The van der Waals surface area contributed by atoms with Crippen molar-refractivity contribution in [1.29, 1.82) is 0 Å². The fraction of sp³-hybridized carbons (Fsp3) is 0.269. The average Bonchev–Trinajstić information content (AvgIpc) is 2.78. The molecular weight excluding hydrogens is 410 g/mol. The van der Waals surface area contributed by atoms with Gasteiger partial charge in [0.2, 0.25) is 0 Å². The Bertz CT molecular complexity index is 987. The van der Waals surface area contributed by atoms with Crippen LogP contribution >= 0.6 is 11.6 Å². The summed E-state index contributed by atoms with van der Waals surface area (Å²) >= 11 is 6.20. The van der Waals surface area contributed by atoms with E-state index < -0.39 is 0 Å². The topological polar surface area (TPSA) is 47.6 Å². The molecule has 3 aromatic rings. The summed E-state index contributed by atoms with van der Waals surface area (Å²) in [5.74, 6) is 1.47. The van der Waals surface area contributed by atoms with Crippen LogP contribution in [0.3, 0.4) is 0 Å². The molecule has 0 heterocycles. The lowest BCUT2D eigenvalue weighted by atomic mass is 9.96. The monoisotopic (exact) mass is 437 g/mol. The molecule has 0 unspecified atom stereocenters. The van der Waals surface area contributed by atoms with Crippen LogP contribution < -0.4 is 14.8 Å². The van der Waals surface area contributed by atoms with E-state index in [4.69, 9.17) is 21.1 Å². The Labute approximate surface area is 189 Å². The summed E-state index contributed by atoms with van der Waals surface area (Å²) in [5, 5.41) is 3.65. The van der Waals surface area contributed by atoms with Crippen molar-refractivity contribution >= 4 is 17.5 Å². The van der Waals surface area contributed by atoms with Crippen molar-refractivity contribution in [2.75, 3.05) is 7.11 Å². The summed E-state index contributed by atoms with van der Waals surface area (Å²) in [6.45, 7) is 4.64. The molecule has 0 spiro atoms. The van der Waals surface area contributed by atoms with Crippen LogP contribution in [0.5, 0.6) is 11.5 Å². The fourth-order valence-electron chi connectivity index (χ4n) is 3.36. The molecule has 0 aliphatic rings. The van der Waals surface area contributed by atoms with Crippen LogP contribution in [0.2, 0.25) is 5.02 Å². The Morgan fingerprint density at radius 3 is 2.35 bits per heavy atom. The molecular formula is C26H28ClNO3. The molecule has 3 rings (SSSR count). The molecule has 3 aromatic carbocycles. The first-order valence-corrected chi connectivity index (χ1v) is 10.7. The number of carbonyl (C=O) groups excluding carboxylic acids is 1. The molecule has 1 atom stereocenters. The molecule has 0 radical (unpaired) electrons. The van der Waals surface area contributed by atoms with Gasteiger partial charge in [-0.15, -0.1) is 0 Å². The van der Waals surface area contributed by atoms with Crippen molar-refractivity contribution in [3.05, 3.63) is 94.5 Å². The van der Waals surface area contributed by atoms with E-state index in [-0.39, 0.29) is 11.9 Å². The Kier molecular flexibility index (Phi) is 7.96. The Balaban J connectivity index is 1.81. The molecule has 5 heteroatoms. The van der Waals surface area contributed by atoms with E-state index in [2.05, 4.69) is 19.2 Å². The summed E-state index contributed by atoms with van der Waals surface area (Å²) in [7, 11) is 1.64. The number of hydrogen-bond donors (Lipinski definition) is 1. The molecule has 0 aliphatic carbocycles. The fourth-order valence-corrected chi connectivity index (χ4v) is 3.53. The minimum Gasteiger partial charge on any atom is -0.497 e. The number of carbonyl (C=O) groups is 1. The SMILES string of the molecule is COc1ccc([C@H](CC(C)C)NC(=O)c2cc(Cl)ccc2OCc2ccccc2)cc1. The number of nitrogens with one attached hydrogen (secondary N) is 1. The number of benzene rings is 3. The molecule has 0 saturated carbocycles. The molecule has 0 aromatic heterocycles. The van der Waals surface area contributed by atoms with Crippen LogP contribution in [0, 0.1) is 5.92 Å². The van der Waals surface area contributed by atoms with Gasteiger partial charge in [-0.1, -0.05) is 67.9 Å². The van der Waals surface area contributed by atoms with E-state index in [0.29, 0.717) is 28.9 Å². The van der Waals surface area contributed by atoms with Crippen LogP contribution in [0.25, 0.3) is 0 Å². The van der Waals surface area contributed by atoms with Gasteiger partial charge < -0.3 is 14.8 Å². The van der Waals surface area contributed by atoms with Gasteiger partial charge in [0.05, 0.1) is 18.7 Å². The number of hydrogen-bond acceptors (Lipinski definition) is 3. The number of methoxy groups -OCH3 is 1. The highest BCUT2D eigenvalue weighted by atomic mass is 35.5. The first-order chi connectivity index (χ1) is 15.0. The molecule has 4 nitrogen and oxygen atoms in total. The van der Waals surface area contributed by atoms with E-state index in [1.807, 2.05) is 54.6 Å². The maximum absolute atomic E-state index is 13.2. The molecule has 0 saturated heterocycles. The maximum atomic E-state index is 13.2. The van der Waals surface area contributed by atoms with Crippen LogP contribution in [-0.2, 0) is 6.61 Å². The average molecular weight is 438 g/mol. The van der Waals surface area contributed by atoms with E-state index in [1.165, 1.54) is 0 Å². The zero-order valence-corrected chi connectivity index (χ0v) is 18.9. The first kappa shape index (κ1) is 22.7. The van der Waals surface area contributed by atoms with Gasteiger partial charge in [0.25, 0.3) is 5.91 Å². The standard InChI is InChI=1S/C26H28ClNO3/c1-18(2)15-24(20-9-12-22(30-3)13-10-20)28-26(29)23-16-21(27)11-14-25(23)31-17-19-7-5-4-6-8-19/h4-14,16,18,24H,15,17H2,1-3H3,(H,28,29)/t24-/m0/s1. The number of halogens is 1. The first-order valence-electron chi connectivity index (χ1n) is 10.4. The Hall–Kier alpha value is -2.98. The predicted octanol–water partition coefficient (Wildman–Crippen LogP) is 6.44. The highest BCUT2D eigenvalue weighted by Crippen LogP contribution is 2.27. The van der Waals surface area contributed by atoms with E-state index in [1.54, 1.807) is 25.3 Å². The van der Waals surface area contributed by atoms with Crippen molar-refractivity contribution in [3.63, 3.8) is 0 Å². The van der Waals surface area contributed by atoms with Crippen molar-refractivity contribution in [3.8, 4) is 11.5 Å². The van der Waals surface area contributed by atoms with Crippen LogP contribution in [0.15, 0.2) is 72.8 Å². The molecule has 162 valence electrons. The highest BCUT2D eigenvalue weighted by Gasteiger charge is 2.20. The summed E-state index contributed by atoms with van der Waals surface area (Å²) < 4.78 is 11.2. The van der Waals surface area contributed by atoms with Gasteiger partial charge in [0, 0.05) is 5.02 Å². The molecule has 0 aliphatic heterocycles. The van der Waals surface area contributed by atoms with Crippen LogP contribution in [-0.4, -0.2) is 13.0 Å². The van der Waals surface area contributed by atoms with Crippen LogP contribution in [0.4, 0.5) is 0 Å². The number of ether oxygens (including phenoxy) is 2. The Morgan fingerprint density at radius 1 is 1.00 bits per heavy atom. The minimum absolute atomic E-state index is 0.139. The van der Waals surface area contributed by atoms with Crippen molar-refractivity contribution in [1.82, 2.24) is 5.32 Å². The third-order valence-electron chi connectivity index (χ3n) is 4.95. The smallest absolute Gasteiger partial charge is 0.255 e. The summed E-state index contributed by atoms with van der Waals surface area (Å²) in [5.41, 5.74) is 2.47. The molecule has 0 bridgehead atoms. The van der Waals surface area contributed by atoms with Crippen molar-refractivity contribution < 1.29 is 14.3 Å². The van der Waals surface area contributed by atoms with Gasteiger partial charge in [-0.05, 0) is 53.8 Å². The zero-order valence-electron chi connectivity index (χ0n) is 18.1. The molecule has 31 heavy (non-hydrogen) atoms. The molecule has 1 N–H and O–H groups in total. The van der Waals surface area contributed by atoms with Gasteiger partial charge in [-0.2, -0.15) is 0 Å². The number of rotatable bonds is 9. The van der Waals surface area contributed by atoms with E-state index in [0.717, 1.165) is 23.3 Å². The third kappa shape index (κ3) is 6.50. The predicted molar refractivity (Wildman–Crippen MR) is 125 cm³/mol. The second kappa shape index (κ2) is 10.9. The summed E-state index contributed by atoms with van der Waals surface area (Å²) in [4.78, 5) is 13.2. The number of amides is 1. The third-order valence-corrected chi connectivity index (χ3v) is 5.19. The minimum atomic E-state index is -0.216. The summed E-state index contributed by atoms with van der Waals surface area (Å²) in [6, 6.07) is 22.6. The van der Waals surface area contributed by atoms with Gasteiger partial charge in [0.15, 0.2) is 0 Å². The van der Waals surface area contributed by atoms with Gasteiger partial charge in [-0.25, -0.2) is 0 Å². The summed E-state index contributed by atoms with van der Waals surface area (Å²) in [6.07, 6.45) is 0.804. The second-order valence-corrected chi connectivity index (χ2v) is 8.28. The van der Waals surface area contributed by atoms with Gasteiger partial charge in [0.1, 0.15) is 18.1 Å². The van der Waals surface area contributed by atoms with E-state index >= 15 is 0 Å². The van der Waals surface area contributed by atoms with Crippen molar-refractivity contribution in [2.45, 2.75) is 32.9 Å². The maximum Gasteiger partial charge on any atom is 0.255 e. The van der Waals surface area contributed by atoms with Gasteiger partial charge in [-0.3, -0.25) is 4.79 Å². The lowest BCUT2D eigenvalue weighted by molar-refractivity contribution is 0.0927. The van der Waals surface area contributed by atoms with E-state index in [9.17, 15) is 4.79 Å². The molecule has 0 fully saturated rings. The lowest BCUT2D eigenvalue weighted by Crippen LogP contribution is -2.30. The highest BCUT2D eigenvalue weighted by molar-refractivity contribution is 6.31. The van der Waals surface area contributed by atoms with Gasteiger partial charge >= 0.3 is 0 Å². The van der Waals surface area contributed by atoms with Crippen LogP contribution in [0.1, 0.15) is 47.8 Å². The largest absolute Gasteiger partial charge is 0.497 e. The Morgan fingerprint density at radius 2 is 1.71 bits per heavy atom. The zero-order chi connectivity index (χ0) is 22.2. The molecule has 1 amide bonds. The quantitative estimate of drug-likeness (QED) is 0.418. The van der Waals surface area contributed by atoms with Crippen molar-refractivity contribution in [2.24, 2.45) is 5.92 Å².